The molecule has 0 aromatic carbocycles. The van der Waals surface area contributed by atoms with Crippen LogP contribution in [0.5, 0.6) is 0 Å². The molecule has 0 fully saturated rings. The summed E-state index contributed by atoms with van der Waals surface area (Å²) in [6.07, 6.45) is 0.986. The molecule has 0 bridgehead atoms. The Morgan fingerprint density at radius 3 is 2.05 bits per heavy atom. The van der Waals surface area contributed by atoms with Gasteiger partial charge in [0.2, 0.25) is 0 Å². The third kappa shape index (κ3) is 4.20. The van der Waals surface area contributed by atoms with Gasteiger partial charge in [-0.15, -0.1) is 0 Å². The Morgan fingerprint density at radius 2 is 1.68 bits per heavy atom. The molecular formula is C11H7Cl2NO4S. The molecule has 0 unspecified atom stereocenters. The maximum absolute atomic E-state index is 10.7. The van der Waals surface area contributed by atoms with E-state index in [1.54, 1.807) is 11.3 Å². The van der Waals surface area contributed by atoms with Crippen LogP contribution in [0.1, 0.15) is 20.8 Å². The van der Waals surface area contributed by atoms with Crippen molar-refractivity contribution in [2.75, 3.05) is 0 Å². The molecule has 5 nitrogen and oxygen atoms in total. The Labute approximate surface area is 122 Å². The molecule has 0 atom stereocenters. The minimum Gasteiger partial charge on any atom is -0.478 e. The average Bonchev–Trinajstić information content (AvgIpc) is 2.90. The van der Waals surface area contributed by atoms with Crippen LogP contribution in [-0.2, 0) is 0 Å². The molecule has 2 heterocycles. The van der Waals surface area contributed by atoms with Gasteiger partial charge in [-0.3, -0.25) is 0 Å². The van der Waals surface area contributed by atoms with E-state index in [9.17, 15) is 9.59 Å². The molecule has 0 aliphatic heterocycles. The highest BCUT2D eigenvalue weighted by Crippen LogP contribution is 2.26. The molecule has 0 aliphatic rings. The number of carbonyl (C=O) groups is 2. The Balaban J connectivity index is 0.000000300. The van der Waals surface area contributed by atoms with Gasteiger partial charge in [-0.05, 0) is 10.8 Å². The van der Waals surface area contributed by atoms with Gasteiger partial charge in [0.05, 0.1) is 10.0 Å². The molecule has 2 aromatic heterocycles. The number of aromatic nitrogens is 1. The lowest BCUT2D eigenvalue weighted by Gasteiger charge is -2.03. The smallest absolute Gasteiger partial charge is 0.355 e. The van der Waals surface area contributed by atoms with E-state index in [2.05, 4.69) is 4.98 Å². The molecule has 2 rings (SSSR count). The van der Waals surface area contributed by atoms with Crippen molar-refractivity contribution in [3.63, 3.8) is 0 Å². The number of aromatic carboxylic acids is 2. The summed E-state index contributed by atoms with van der Waals surface area (Å²) in [6.45, 7) is 0. The lowest BCUT2D eigenvalue weighted by Crippen LogP contribution is -2.11. The second kappa shape index (κ2) is 7.08. The maximum Gasteiger partial charge on any atom is 0.355 e. The van der Waals surface area contributed by atoms with Crippen molar-refractivity contribution in [2.45, 2.75) is 0 Å². The fraction of sp³-hybridized carbons (Fsp3) is 0. The zero-order chi connectivity index (χ0) is 14.4. The van der Waals surface area contributed by atoms with E-state index < -0.39 is 23.2 Å². The Kier molecular flexibility index (Phi) is 5.75. The fourth-order valence-corrected chi connectivity index (χ4v) is 1.87. The highest BCUT2D eigenvalue weighted by atomic mass is 35.5. The van der Waals surface area contributed by atoms with Crippen LogP contribution in [-0.4, -0.2) is 27.1 Å². The van der Waals surface area contributed by atoms with Crippen molar-refractivity contribution in [3.8, 4) is 0 Å². The summed E-state index contributed by atoms with van der Waals surface area (Å²) < 4.78 is 0. The largest absolute Gasteiger partial charge is 0.478 e. The number of thiophene rings is 1. The van der Waals surface area contributed by atoms with Crippen LogP contribution in [0.25, 0.3) is 0 Å². The summed E-state index contributed by atoms with van der Waals surface area (Å²) in [6, 6.07) is 4.04. The Hall–Kier alpha value is -1.63. The minimum absolute atomic E-state index is 0.103. The predicted molar refractivity (Wildman–Crippen MR) is 72.5 cm³/mol. The molecule has 0 radical (unpaired) electrons. The second-order valence-corrected chi connectivity index (χ2v) is 4.65. The van der Waals surface area contributed by atoms with E-state index in [1.807, 2.05) is 22.9 Å². The minimum atomic E-state index is -1.48. The van der Waals surface area contributed by atoms with E-state index in [0.717, 1.165) is 6.20 Å². The third-order valence-corrected chi connectivity index (χ3v) is 3.22. The van der Waals surface area contributed by atoms with E-state index >= 15 is 0 Å². The SMILES string of the molecule is O=C(O)c1ncc(Cl)c(Cl)c1C(=O)O.c1ccsc1. The number of hydrogen-bond donors (Lipinski definition) is 2. The Morgan fingerprint density at radius 1 is 1.11 bits per heavy atom. The van der Waals surface area contributed by atoms with Gasteiger partial charge in [-0.2, -0.15) is 11.3 Å². The number of carboxylic acid groups (broad SMARTS) is 2. The first kappa shape index (κ1) is 15.4. The first-order valence-electron chi connectivity index (χ1n) is 4.73. The van der Waals surface area contributed by atoms with Gasteiger partial charge in [0.1, 0.15) is 5.56 Å². The predicted octanol–water partition coefficient (Wildman–Crippen LogP) is 3.53. The van der Waals surface area contributed by atoms with Crippen LogP contribution < -0.4 is 0 Å². The van der Waals surface area contributed by atoms with Crippen molar-refractivity contribution in [3.05, 3.63) is 50.4 Å². The van der Waals surface area contributed by atoms with Crippen LogP contribution in [0.3, 0.4) is 0 Å². The van der Waals surface area contributed by atoms with Gasteiger partial charge in [-0.25, -0.2) is 14.6 Å². The van der Waals surface area contributed by atoms with Crippen molar-refractivity contribution in [2.24, 2.45) is 0 Å². The molecule has 8 heteroatoms. The molecular weight excluding hydrogens is 313 g/mol. The third-order valence-electron chi connectivity index (χ3n) is 1.81. The van der Waals surface area contributed by atoms with Crippen LogP contribution in [0.15, 0.2) is 29.1 Å². The van der Waals surface area contributed by atoms with E-state index in [0.29, 0.717) is 0 Å². The topological polar surface area (TPSA) is 87.5 Å². The summed E-state index contributed by atoms with van der Waals surface area (Å²) in [5.41, 5.74) is -1.24. The maximum atomic E-state index is 10.7. The van der Waals surface area contributed by atoms with E-state index in [4.69, 9.17) is 33.4 Å². The standard InChI is InChI=1S/C7H3Cl2NO4.C4H4S/c8-2-1-10-5(7(13)14)3(4(2)9)6(11)12;1-2-4-5-3-1/h1H,(H,11,12)(H,13,14);1-4H. The first-order chi connectivity index (χ1) is 8.95. The van der Waals surface area contributed by atoms with Gasteiger partial charge in [0.25, 0.3) is 0 Å². The molecule has 0 saturated heterocycles. The monoisotopic (exact) mass is 319 g/mol. The quantitative estimate of drug-likeness (QED) is 0.884. The number of hydrogen-bond acceptors (Lipinski definition) is 4. The summed E-state index contributed by atoms with van der Waals surface area (Å²) >= 11 is 12.7. The van der Waals surface area contributed by atoms with E-state index in [1.165, 1.54) is 0 Å². The second-order valence-electron chi connectivity index (χ2n) is 3.05. The zero-order valence-electron chi connectivity index (χ0n) is 9.21. The number of pyridine rings is 1. The Bertz CT molecular complexity index is 569. The molecule has 100 valence electrons. The highest BCUT2D eigenvalue weighted by molar-refractivity contribution is 7.07. The first-order valence-corrected chi connectivity index (χ1v) is 6.42. The lowest BCUT2D eigenvalue weighted by molar-refractivity contribution is 0.0646. The number of carboxylic acids is 2. The lowest BCUT2D eigenvalue weighted by atomic mass is 10.2. The van der Waals surface area contributed by atoms with Crippen LogP contribution in [0.2, 0.25) is 10.0 Å². The molecule has 19 heavy (non-hydrogen) atoms. The molecule has 2 N–H and O–H groups in total. The van der Waals surface area contributed by atoms with Gasteiger partial charge < -0.3 is 10.2 Å². The zero-order valence-corrected chi connectivity index (χ0v) is 11.5. The normalized spacial score (nSPS) is 9.37. The molecule has 0 saturated carbocycles. The summed E-state index contributed by atoms with van der Waals surface area (Å²) in [5.74, 6) is -2.96. The van der Waals surface area contributed by atoms with Gasteiger partial charge in [0, 0.05) is 6.20 Å². The molecule has 0 amide bonds. The van der Waals surface area contributed by atoms with Crippen LogP contribution in [0, 0.1) is 0 Å². The summed E-state index contributed by atoms with van der Waals surface area (Å²) in [5, 5.41) is 20.9. The van der Waals surface area contributed by atoms with Crippen molar-refractivity contribution in [1.29, 1.82) is 0 Å². The number of rotatable bonds is 2. The van der Waals surface area contributed by atoms with Crippen molar-refractivity contribution >= 4 is 46.5 Å². The van der Waals surface area contributed by atoms with E-state index in [-0.39, 0.29) is 10.0 Å². The summed E-state index contributed by atoms with van der Waals surface area (Å²) in [4.78, 5) is 24.6. The van der Waals surface area contributed by atoms with Gasteiger partial charge in [0.15, 0.2) is 5.69 Å². The summed E-state index contributed by atoms with van der Waals surface area (Å²) in [7, 11) is 0. The van der Waals surface area contributed by atoms with Gasteiger partial charge >= 0.3 is 11.9 Å². The highest BCUT2D eigenvalue weighted by Gasteiger charge is 2.22. The number of nitrogens with zero attached hydrogens (tertiary/aromatic N) is 1. The molecule has 0 aliphatic carbocycles. The average molecular weight is 320 g/mol. The molecule has 2 aromatic rings. The van der Waals surface area contributed by atoms with Gasteiger partial charge in [-0.1, -0.05) is 35.3 Å². The number of halogens is 2. The van der Waals surface area contributed by atoms with Crippen molar-refractivity contribution < 1.29 is 19.8 Å². The fourth-order valence-electron chi connectivity index (χ4n) is 1.05. The van der Waals surface area contributed by atoms with Crippen LogP contribution >= 0.6 is 34.5 Å². The van der Waals surface area contributed by atoms with Crippen molar-refractivity contribution in [1.82, 2.24) is 4.98 Å². The van der Waals surface area contributed by atoms with Crippen LogP contribution in [0.4, 0.5) is 0 Å². The molecule has 0 spiro atoms.